The minimum Gasteiger partial charge on any atom is -0.364 e. The Balaban J connectivity index is 1.65. The standard InChI is InChI=1S/C18H25N7O/c1-23(2)18-21-13-6-4-3-5-12(13)17(22-18)24-8-7-15-20-14(16(19)26)11-25(15)10-9-24/h11H,3-10H2,1-2H3,(H2,19,26). The van der Waals surface area contributed by atoms with E-state index in [9.17, 15) is 4.79 Å². The van der Waals surface area contributed by atoms with Crippen molar-refractivity contribution < 1.29 is 4.79 Å². The molecule has 0 unspecified atom stereocenters. The topological polar surface area (TPSA) is 93.2 Å². The van der Waals surface area contributed by atoms with E-state index in [0.717, 1.165) is 56.5 Å². The van der Waals surface area contributed by atoms with E-state index in [1.807, 2.05) is 23.6 Å². The van der Waals surface area contributed by atoms with Crippen LogP contribution in [0.2, 0.25) is 0 Å². The van der Waals surface area contributed by atoms with Crippen LogP contribution in [0.3, 0.4) is 0 Å². The van der Waals surface area contributed by atoms with Crippen molar-refractivity contribution in [2.24, 2.45) is 5.73 Å². The highest BCUT2D eigenvalue weighted by molar-refractivity contribution is 5.90. The molecule has 1 aliphatic heterocycles. The first-order valence-corrected chi connectivity index (χ1v) is 9.21. The summed E-state index contributed by atoms with van der Waals surface area (Å²) in [5.41, 5.74) is 8.21. The van der Waals surface area contributed by atoms with Gasteiger partial charge in [0.05, 0.1) is 5.69 Å². The van der Waals surface area contributed by atoms with Crippen LogP contribution in [0.5, 0.6) is 0 Å². The highest BCUT2D eigenvalue weighted by Gasteiger charge is 2.25. The molecular weight excluding hydrogens is 330 g/mol. The van der Waals surface area contributed by atoms with Gasteiger partial charge in [-0.3, -0.25) is 4.79 Å². The molecule has 3 heterocycles. The van der Waals surface area contributed by atoms with E-state index in [2.05, 4.69) is 9.88 Å². The fourth-order valence-corrected chi connectivity index (χ4v) is 3.78. The normalized spacial score (nSPS) is 16.6. The number of imidazole rings is 1. The third kappa shape index (κ3) is 3.00. The van der Waals surface area contributed by atoms with Gasteiger partial charge in [-0.05, 0) is 25.7 Å². The number of anilines is 2. The Labute approximate surface area is 153 Å². The van der Waals surface area contributed by atoms with Crippen LogP contribution in [-0.4, -0.2) is 52.6 Å². The quantitative estimate of drug-likeness (QED) is 0.874. The van der Waals surface area contributed by atoms with Gasteiger partial charge in [0.25, 0.3) is 5.91 Å². The smallest absolute Gasteiger partial charge is 0.268 e. The van der Waals surface area contributed by atoms with Crippen molar-refractivity contribution in [3.63, 3.8) is 0 Å². The van der Waals surface area contributed by atoms with Gasteiger partial charge in [-0.15, -0.1) is 0 Å². The second kappa shape index (κ2) is 6.59. The molecule has 0 spiro atoms. The molecule has 1 amide bonds. The van der Waals surface area contributed by atoms with E-state index in [0.29, 0.717) is 5.69 Å². The number of amides is 1. The van der Waals surface area contributed by atoms with Gasteiger partial charge < -0.3 is 20.1 Å². The lowest BCUT2D eigenvalue weighted by Crippen LogP contribution is -2.31. The van der Waals surface area contributed by atoms with Crippen molar-refractivity contribution >= 4 is 17.7 Å². The molecule has 0 radical (unpaired) electrons. The van der Waals surface area contributed by atoms with Gasteiger partial charge in [0, 0.05) is 51.9 Å². The van der Waals surface area contributed by atoms with Crippen molar-refractivity contribution in [3.8, 4) is 0 Å². The number of aromatic nitrogens is 4. The first-order chi connectivity index (χ1) is 12.5. The number of fused-ring (bicyclic) bond motifs is 2. The molecule has 2 aromatic heterocycles. The minimum absolute atomic E-state index is 0.350. The molecule has 4 rings (SSSR count). The monoisotopic (exact) mass is 355 g/mol. The number of hydrogen-bond acceptors (Lipinski definition) is 6. The van der Waals surface area contributed by atoms with E-state index in [1.165, 1.54) is 24.1 Å². The van der Waals surface area contributed by atoms with Gasteiger partial charge >= 0.3 is 0 Å². The van der Waals surface area contributed by atoms with Crippen LogP contribution >= 0.6 is 0 Å². The molecule has 138 valence electrons. The molecule has 0 fully saturated rings. The zero-order chi connectivity index (χ0) is 18.3. The summed E-state index contributed by atoms with van der Waals surface area (Å²) in [4.78, 5) is 29.7. The Morgan fingerprint density at radius 2 is 1.88 bits per heavy atom. The molecule has 2 aliphatic rings. The summed E-state index contributed by atoms with van der Waals surface area (Å²) in [6.45, 7) is 2.43. The first kappa shape index (κ1) is 16.8. The molecule has 0 saturated heterocycles. The van der Waals surface area contributed by atoms with Gasteiger partial charge in [-0.2, -0.15) is 4.98 Å². The molecule has 26 heavy (non-hydrogen) atoms. The van der Waals surface area contributed by atoms with Gasteiger partial charge in [0.15, 0.2) is 0 Å². The van der Waals surface area contributed by atoms with Crippen molar-refractivity contribution in [3.05, 3.63) is 29.0 Å². The highest BCUT2D eigenvalue weighted by Crippen LogP contribution is 2.30. The molecule has 2 aromatic rings. The molecule has 0 bridgehead atoms. The van der Waals surface area contributed by atoms with Crippen molar-refractivity contribution in [1.29, 1.82) is 0 Å². The molecule has 0 saturated carbocycles. The van der Waals surface area contributed by atoms with Crippen LogP contribution in [-0.2, 0) is 25.8 Å². The number of hydrogen-bond donors (Lipinski definition) is 1. The lowest BCUT2D eigenvalue weighted by atomic mass is 9.96. The Hall–Kier alpha value is -2.64. The van der Waals surface area contributed by atoms with Crippen LogP contribution in [0.1, 0.15) is 40.4 Å². The summed E-state index contributed by atoms with van der Waals surface area (Å²) in [6, 6.07) is 0. The Bertz CT molecular complexity index is 817. The zero-order valence-electron chi connectivity index (χ0n) is 15.4. The summed E-state index contributed by atoms with van der Waals surface area (Å²) in [5.74, 6) is 2.29. The highest BCUT2D eigenvalue weighted by atomic mass is 16.1. The molecule has 1 aliphatic carbocycles. The molecule has 0 atom stereocenters. The van der Waals surface area contributed by atoms with Crippen LogP contribution in [0.25, 0.3) is 0 Å². The molecular formula is C18H25N7O. The maximum atomic E-state index is 11.4. The van der Waals surface area contributed by atoms with E-state index < -0.39 is 5.91 Å². The summed E-state index contributed by atoms with van der Waals surface area (Å²) < 4.78 is 2.04. The summed E-state index contributed by atoms with van der Waals surface area (Å²) >= 11 is 0. The van der Waals surface area contributed by atoms with E-state index >= 15 is 0 Å². The van der Waals surface area contributed by atoms with Gasteiger partial charge in [-0.1, -0.05) is 0 Å². The largest absolute Gasteiger partial charge is 0.364 e. The second-order valence-electron chi connectivity index (χ2n) is 7.21. The fraction of sp³-hybridized carbons (Fsp3) is 0.556. The third-order valence-electron chi connectivity index (χ3n) is 5.18. The summed E-state index contributed by atoms with van der Waals surface area (Å²) in [6.07, 6.45) is 7.00. The Morgan fingerprint density at radius 3 is 2.65 bits per heavy atom. The number of carbonyl (C=O) groups is 1. The zero-order valence-corrected chi connectivity index (χ0v) is 15.4. The van der Waals surface area contributed by atoms with E-state index in [4.69, 9.17) is 15.7 Å². The molecule has 2 N–H and O–H groups in total. The fourth-order valence-electron chi connectivity index (χ4n) is 3.78. The number of nitrogens with zero attached hydrogens (tertiary/aromatic N) is 6. The van der Waals surface area contributed by atoms with Gasteiger partial charge in [0.1, 0.15) is 17.3 Å². The molecule has 8 nitrogen and oxygen atoms in total. The molecule has 8 heteroatoms. The second-order valence-corrected chi connectivity index (χ2v) is 7.21. The van der Waals surface area contributed by atoms with Crippen molar-refractivity contribution in [2.45, 2.75) is 38.6 Å². The minimum atomic E-state index is -0.470. The van der Waals surface area contributed by atoms with Crippen LogP contribution < -0.4 is 15.5 Å². The number of rotatable bonds is 3. The maximum Gasteiger partial charge on any atom is 0.268 e. The predicted molar refractivity (Wildman–Crippen MR) is 99.7 cm³/mol. The maximum absolute atomic E-state index is 11.4. The number of aryl methyl sites for hydroxylation is 1. The third-order valence-corrected chi connectivity index (χ3v) is 5.18. The van der Waals surface area contributed by atoms with Crippen molar-refractivity contribution in [1.82, 2.24) is 19.5 Å². The molecule has 0 aromatic carbocycles. The lowest BCUT2D eigenvalue weighted by molar-refractivity contribution is 0.0996. The predicted octanol–water partition coefficient (Wildman–Crippen LogP) is 0.779. The summed E-state index contributed by atoms with van der Waals surface area (Å²) in [5, 5.41) is 0. The number of primary amides is 1. The van der Waals surface area contributed by atoms with Gasteiger partial charge in [0.2, 0.25) is 5.95 Å². The van der Waals surface area contributed by atoms with Crippen LogP contribution in [0, 0.1) is 0 Å². The lowest BCUT2D eigenvalue weighted by Gasteiger charge is -2.28. The SMILES string of the molecule is CN(C)c1nc2c(c(N3CCc4nc(C(N)=O)cn4CC3)n1)CCCC2. The average molecular weight is 355 g/mol. The Morgan fingerprint density at radius 1 is 1.08 bits per heavy atom. The summed E-state index contributed by atoms with van der Waals surface area (Å²) in [7, 11) is 3.97. The van der Waals surface area contributed by atoms with Crippen LogP contribution in [0.4, 0.5) is 11.8 Å². The van der Waals surface area contributed by atoms with Gasteiger partial charge in [-0.25, -0.2) is 9.97 Å². The van der Waals surface area contributed by atoms with Crippen molar-refractivity contribution in [2.75, 3.05) is 37.0 Å². The number of carbonyl (C=O) groups excluding carboxylic acids is 1. The van der Waals surface area contributed by atoms with Crippen LogP contribution in [0.15, 0.2) is 6.20 Å². The van der Waals surface area contributed by atoms with E-state index in [-0.39, 0.29) is 0 Å². The van der Waals surface area contributed by atoms with E-state index in [1.54, 1.807) is 6.20 Å². The Kier molecular flexibility index (Phi) is 4.26. The average Bonchev–Trinajstić information content (AvgIpc) is 2.95. The first-order valence-electron chi connectivity index (χ1n) is 9.21. The number of nitrogens with two attached hydrogens (primary N) is 1.